The highest BCUT2D eigenvalue weighted by Crippen LogP contribution is 2.34. The van der Waals surface area contributed by atoms with Crippen molar-refractivity contribution in [2.45, 2.75) is 0 Å². The zero-order chi connectivity index (χ0) is 19.6. The zero-order valence-electron chi connectivity index (χ0n) is 13.3. The summed E-state index contributed by atoms with van der Waals surface area (Å²) in [4.78, 5) is 24.8. The van der Waals surface area contributed by atoms with Crippen molar-refractivity contribution < 1.29 is 9.59 Å². The molecule has 0 bridgehead atoms. The maximum absolute atomic E-state index is 12.4. The van der Waals surface area contributed by atoms with Crippen LogP contribution in [-0.4, -0.2) is 16.9 Å². The standard InChI is InChI=1S/C17H10Cl3N3O2S2/c18-8-5-6-9(11(19)7-8)15(24)22-23-17(26)21-16(25)14-13(20)10-3-1-2-4-12(10)27-14/h1-7H,(H,22,24)(H2,21,23,25,26). The van der Waals surface area contributed by atoms with Crippen LogP contribution in [0.5, 0.6) is 0 Å². The average Bonchev–Trinajstić information content (AvgIpc) is 2.97. The molecule has 0 unspecified atom stereocenters. The minimum Gasteiger partial charge on any atom is -0.297 e. The molecule has 0 saturated carbocycles. The first-order chi connectivity index (χ1) is 12.9. The number of thiophene rings is 1. The number of benzene rings is 2. The van der Waals surface area contributed by atoms with Crippen molar-refractivity contribution in [2.24, 2.45) is 0 Å². The third kappa shape index (κ3) is 4.51. The van der Waals surface area contributed by atoms with Gasteiger partial charge < -0.3 is 0 Å². The summed E-state index contributed by atoms with van der Waals surface area (Å²) in [6.07, 6.45) is 0. The number of carbonyl (C=O) groups excluding carboxylic acids is 2. The number of thiocarbonyl (C=S) groups is 1. The predicted molar refractivity (Wildman–Crippen MR) is 114 cm³/mol. The van der Waals surface area contributed by atoms with E-state index in [2.05, 4.69) is 16.2 Å². The number of rotatable bonds is 2. The Morgan fingerprint density at radius 1 is 0.963 bits per heavy atom. The molecule has 0 atom stereocenters. The fourth-order valence-electron chi connectivity index (χ4n) is 2.21. The molecule has 3 rings (SSSR count). The molecule has 138 valence electrons. The molecule has 2 amide bonds. The minimum absolute atomic E-state index is 0.0908. The fraction of sp³-hybridized carbons (Fsp3) is 0. The van der Waals surface area contributed by atoms with Gasteiger partial charge in [0.05, 0.1) is 15.6 Å². The second-order valence-electron chi connectivity index (χ2n) is 5.23. The van der Waals surface area contributed by atoms with Crippen LogP contribution in [-0.2, 0) is 0 Å². The van der Waals surface area contributed by atoms with Crippen LogP contribution in [0, 0.1) is 0 Å². The van der Waals surface area contributed by atoms with E-state index < -0.39 is 11.8 Å². The van der Waals surface area contributed by atoms with Crippen LogP contribution in [0.3, 0.4) is 0 Å². The number of hydrogen-bond donors (Lipinski definition) is 3. The van der Waals surface area contributed by atoms with Crippen molar-refractivity contribution >= 4 is 85.4 Å². The van der Waals surface area contributed by atoms with Gasteiger partial charge in [0, 0.05) is 15.1 Å². The second-order valence-corrected chi connectivity index (χ2v) is 7.91. The number of amides is 2. The highest BCUT2D eigenvalue weighted by atomic mass is 35.5. The molecule has 2 aromatic carbocycles. The van der Waals surface area contributed by atoms with Gasteiger partial charge in [-0.05, 0) is 36.5 Å². The molecule has 0 aliphatic rings. The van der Waals surface area contributed by atoms with Crippen LogP contribution in [0.2, 0.25) is 15.1 Å². The van der Waals surface area contributed by atoms with Crippen molar-refractivity contribution in [2.75, 3.05) is 0 Å². The summed E-state index contributed by atoms with van der Waals surface area (Å²) in [6.45, 7) is 0. The lowest BCUT2D eigenvalue weighted by Crippen LogP contribution is -2.48. The Labute approximate surface area is 178 Å². The maximum Gasteiger partial charge on any atom is 0.271 e. The van der Waals surface area contributed by atoms with E-state index in [4.69, 9.17) is 47.0 Å². The Balaban J connectivity index is 1.62. The summed E-state index contributed by atoms with van der Waals surface area (Å²) in [5.74, 6) is -1.01. The molecule has 0 radical (unpaired) electrons. The molecule has 0 saturated heterocycles. The zero-order valence-corrected chi connectivity index (χ0v) is 17.2. The normalized spacial score (nSPS) is 10.5. The maximum atomic E-state index is 12.4. The highest BCUT2D eigenvalue weighted by molar-refractivity contribution is 7.80. The summed E-state index contributed by atoms with van der Waals surface area (Å²) in [6, 6.07) is 11.9. The molecule has 0 spiro atoms. The van der Waals surface area contributed by atoms with E-state index in [-0.39, 0.29) is 15.7 Å². The van der Waals surface area contributed by atoms with Gasteiger partial charge in [0.15, 0.2) is 5.11 Å². The van der Waals surface area contributed by atoms with E-state index in [0.29, 0.717) is 14.9 Å². The van der Waals surface area contributed by atoms with Gasteiger partial charge >= 0.3 is 0 Å². The Bertz CT molecular complexity index is 1070. The summed E-state index contributed by atoms with van der Waals surface area (Å²) >= 11 is 24.3. The van der Waals surface area contributed by atoms with Gasteiger partial charge in [0.25, 0.3) is 11.8 Å². The topological polar surface area (TPSA) is 70.2 Å². The number of hydrogen-bond acceptors (Lipinski definition) is 4. The van der Waals surface area contributed by atoms with E-state index >= 15 is 0 Å². The first kappa shape index (κ1) is 19.9. The van der Waals surface area contributed by atoms with Crippen LogP contribution in [0.1, 0.15) is 20.0 Å². The van der Waals surface area contributed by atoms with E-state index in [0.717, 1.165) is 10.1 Å². The molecule has 0 aliphatic carbocycles. The smallest absolute Gasteiger partial charge is 0.271 e. The number of carbonyl (C=O) groups is 2. The van der Waals surface area contributed by atoms with Gasteiger partial charge in [0.2, 0.25) is 0 Å². The fourth-order valence-corrected chi connectivity index (χ4v) is 4.26. The quantitative estimate of drug-likeness (QED) is 0.381. The Kier molecular flexibility index (Phi) is 6.18. The Hall–Kier alpha value is -1.90. The molecule has 5 nitrogen and oxygen atoms in total. The van der Waals surface area contributed by atoms with Crippen LogP contribution in [0.15, 0.2) is 42.5 Å². The van der Waals surface area contributed by atoms with Gasteiger partial charge in [-0.1, -0.05) is 53.0 Å². The van der Waals surface area contributed by atoms with E-state index in [9.17, 15) is 9.59 Å². The summed E-state index contributed by atoms with van der Waals surface area (Å²) < 4.78 is 0.886. The largest absolute Gasteiger partial charge is 0.297 e. The van der Waals surface area contributed by atoms with Crippen LogP contribution < -0.4 is 16.2 Å². The Morgan fingerprint density at radius 2 is 1.70 bits per heavy atom. The predicted octanol–water partition coefficient (Wildman–Crippen LogP) is 4.81. The van der Waals surface area contributed by atoms with Crippen LogP contribution in [0.4, 0.5) is 0 Å². The second kappa shape index (κ2) is 8.41. The van der Waals surface area contributed by atoms with Crippen molar-refractivity contribution in [3.05, 3.63) is 68.0 Å². The monoisotopic (exact) mass is 457 g/mol. The first-order valence-electron chi connectivity index (χ1n) is 7.40. The van der Waals surface area contributed by atoms with Gasteiger partial charge in [0.1, 0.15) is 4.88 Å². The number of hydrazine groups is 1. The lowest BCUT2D eigenvalue weighted by Gasteiger charge is -2.11. The third-order valence-electron chi connectivity index (χ3n) is 3.43. The van der Waals surface area contributed by atoms with Crippen LogP contribution >= 0.6 is 58.4 Å². The molecule has 3 N–H and O–H groups in total. The minimum atomic E-state index is -0.534. The molecule has 3 aromatic rings. The highest BCUT2D eigenvalue weighted by Gasteiger charge is 2.18. The molecule has 0 aliphatic heterocycles. The third-order valence-corrected chi connectivity index (χ3v) is 5.86. The number of nitrogens with one attached hydrogen (secondary N) is 3. The first-order valence-corrected chi connectivity index (χ1v) is 9.76. The molecule has 1 aromatic heterocycles. The average molecular weight is 459 g/mol. The molecule has 27 heavy (non-hydrogen) atoms. The Morgan fingerprint density at radius 3 is 2.41 bits per heavy atom. The van der Waals surface area contributed by atoms with Gasteiger partial charge in [-0.25, -0.2) is 0 Å². The number of fused-ring (bicyclic) bond motifs is 1. The van der Waals surface area contributed by atoms with Crippen molar-refractivity contribution in [1.29, 1.82) is 0 Å². The van der Waals surface area contributed by atoms with E-state index in [1.807, 2.05) is 24.3 Å². The molecule has 10 heteroatoms. The van der Waals surface area contributed by atoms with Crippen molar-refractivity contribution in [1.82, 2.24) is 16.2 Å². The van der Waals surface area contributed by atoms with Gasteiger partial charge in [-0.3, -0.25) is 25.8 Å². The van der Waals surface area contributed by atoms with E-state index in [1.165, 1.54) is 29.5 Å². The molecule has 1 heterocycles. The van der Waals surface area contributed by atoms with Gasteiger partial charge in [-0.2, -0.15) is 0 Å². The molecule has 0 fully saturated rings. The molecular weight excluding hydrogens is 449 g/mol. The van der Waals surface area contributed by atoms with Crippen molar-refractivity contribution in [3.8, 4) is 0 Å². The summed E-state index contributed by atoms with van der Waals surface area (Å²) in [7, 11) is 0. The van der Waals surface area contributed by atoms with Crippen LogP contribution in [0.25, 0.3) is 10.1 Å². The molecular formula is C17H10Cl3N3O2S2. The number of halogens is 3. The van der Waals surface area contributed by atoms with E-state index in [1.54, 1.807) is 0 Å². The summed E-state index contributed by atoms with van der Waals surface area (Å²) in [5.41, 5.74) is 5.01. The SMILES string of the molecule is O=C(NNC(=S)NC(=O)c1sc2ccccc2c1Cl)c1ccc(Cl)cc1Cl. The van der Waals surface area contributed by atoms with Gasteiger partial charge in [-0.15, -0.1) is 11.3 Å². The van der Waals surface area contributed by atoms with Crippen molar-refractivity contribution in [3.63, 3.8) is 0 Å². The lowest BCUT2D eigenvalue weighted by molar-refractivity contribution is 0.0935. The summed E-state index contributed by atoms with van der Waals surface area (Å²) in [5, 5.41) is 4.12. The lowest BCUT2D eigenvalue weighted by atomic mass is 10.2.